The van der Waals surface area contributed by atoms with Crippen molar-refractivity contribution in [2.45, 2.75) is 40.8 Å². The maximum Gasteiger partial charge on any atom is 0.146 e. The van der Waals surface area contributed by atoms with Gasteiger partial charge < -0.3 is 14.5 Å². The zero-order chi connectivity index (χ0) is 15.2. The number of nitrogens with one attached hydrogen (secondary N) is 1. The van der Waals surface area contributed by atoms with Gasteiger partial charge in [0.25, 0.3) is 0 Å². The second-order valence-electron chi connectivity index (χ2n) is 5.92. The number of furan rings is 1. The van der Waals surface area contributed by atoms with Crippen LogP contribution in [0.5, 0.6) is 5.75 Å². The van der Waals surface area contributed by atoms with Crippen LogP contribution >= 0.6 is 0 Å². The highest BCUT2D eigenvalue weighted by atomic mass is 16.5. The lowest BCUT2D eigenvalue weighted by Crippen LogP contribution is -2.18. The molecule has 0 radical (unpaired) electrons. The zero-order valence-corrected chi connectivity index (χ0v) is 13.4. The van der Waals surface area contributed by atoms with Gasteiger partial charge in [0.1, 0.15) is 23.9 Å². The van der Waals surface area contributed by atoms with Crippen LogP contribution in [-0.2, 0) is 13.2 Å². The van der Waals surface area contributed by atoms with E-state index in [4.69, 9.17) is 9.15 Å². The molecule has 1 heterocycles. The largest absolute Gasteiger partial charge is 0.486 e. The van der Waals surface area contributed by atoms with Gasteiger partial charge in [0.15, 0.2) is 0 Å². The second kappa shape index (κ2) is 7.32. The zero-order valence-electron chi connectivity index (χ0n) is 13.4. The van der Waals surface area contributed by atoms with Crippen LogP contribution in [-0.4, -0.2) is 6.54 Å². The third-order valence-corrected chi connectivity index (χ3v) is 3.34. The maximum absolute atomic E-state index is 5.75. The molecule has 0 fully saturated rings. The standard InChI is InChI=1S/C18H25NO2/c1-13(2)10-19-11-16-9-18(21-15(16)4)12-20-17-7-5-14(3)6-8-17/h5-9,13,19H,10-12H2,1-4H3. The van der Waals surface area contributed by atoms with E-state index in [0.717, 1.165) is 30.4 Å². The van der Waals surface area contributed by atoms with Gasteiger partial charge in [-0.3, -0.25) is 0 Å². The summed E-state index contributed by atoms with van der Waals surface area (Å²) in [6, 6.07) is 10.1. The van der Waals surface area contributed by atoms with Crippen molar-refractivity contribution in [3.05, 3.63) is 53.0 Å². The first-order valence-electron chi connectivity index (χ1n) is 7.53. The Morgan fingerprint density at radius 2 is 1.86 bits per heavy atom. The highest BCUT2D eigenvalue weighted by Crippen LogP contribution is 2.18. The molecule has 114 valence electrons. The molecule has 0 saturated heterocycles. The molecule has 0 aliphatic rings. The molecule has 21 heavy (non-hydrogen) atoms. The van der Waals surface area contributed by atoms with Crippen molar-refractivity contribution >= 4 is 0 Å². The predicted octanol–water partition coefficient (Wildman–Crippen LogP) is 4.22. The number of benzene rings is 1. The third kappa shape index (κ3) is 4.94. The van der Waals surface area contributed by atoms with Gasteiger partial charge in [-0.2, -0.15) is 0 Å². The lowest BCUT2D eigenvalue weighted by molar-refractivity contribution is 0.267. The van der Waals surface area contributed by atoms with E-state index in [2.05, 4.69) is 32.2 Å². The first-order chi connectivity index (χ1) is 10.0. The van der Waals surface area contributed by atoms with E-state index in [1.807, 2.05) is 31.2 Å². The molecule has 0 saturated carbocycles. The van der Waals surface area contributed by atoms with Crippen LogP contribution in [0.15, 0.2) is 34.7 Å². The topological polar surface area (TPSA) is 34.4 Å². The molecule has 2 aromatic rings. The average molecular weight is 287 g/mol. The van der Waals surface area contributed by atoms with Gasteiger partial charge in [0.2, 0.25) is 0 Å². The molecule has 3 heteroatoms. The van der Waals surface area contributed by atoms with Gasteiger partial charge >= 0.3 is 0 Å². The van der Waals surface area contributed by atoms with E-state index in [9.17, 15) is 0 Å². The van der Waals surface area contributed by atoms with Crippen LogP contribution in [0.4, 0.5) is 0 Å². The Morgan fingerprint density at radius 1 is 1.14 bits per heavy atom. The average Bonchev–Trinajstić information content (AvgIpc) is 2.78. The molecule has 0 atom stereocenters. The Labute approximate surface area is 127 Å². The van der Waals surface area contributed by atoms with E-state index in [1.54, 1.807) is 0 Å². The van der Waals surface area contributed by atoms with E-state index in [1.165, 1.54) is 11.1 Å². The van der Waals surface area contributed by atoms with Gasteiger partial charge in [-0.05, 0) is 44.5 Å². The highest BCUT2D eigenvalue weighted by molar-refractivity contribution is 5.27. The Bertz CT molecular complexity index is 555. The van der Waals surface area contributed by atoms with Crippen molar-refractivity contribution in [1.29, 1.82) is 0 Å². The lowest BCUT2D eigenvalue weighted by atomic mass is 10.2. The summed E-state index contributed by atoms with van der Waals surface area (Å²) in [6.07, 6.45) is 0. The smallest absolute Gasteiger partial charge is 0.146 e. The first-order valence-corrected chi connectivity index (χ1v) is 7.53. The van der Waals surface area contributed by atoms with Gasteiger partial charge in [-0.15, -0.1) is 0 Å². The van der Waals surface area contributed by atoms with Crippen LogP contribution in [0.25, 0.3) is 0 Å². The van der Waals surface area contributed by atoms with E-state index in [0.29, 0.717) is 12.5 Å². The summed E-state index contributed by atoms with van der Waals surface area (Å²) in [5.74, 6) is 3.36. The molecule has 0 bridgehead atoms. The van der Waals surface area contributed by atoms with Gasteiger partial charge in [-0.1, -0.05) is 31.5 Å². The van der Waals surface area contributed by atoms with E-state index < -0.39 is 0 Å². The van der Waals surface area contributed by atoms with Crippen molar-refractivity contribution in [1.82, 2.24) is 5.32 Å². The summed E-state index contributed by atoms with van der Waals surface area (Å²) >= 11 is 0. The van der Waals surface area contributed by atoms with Crippen molar-refractivity contribution in [2.24, 2.45) is 5.92 Å². The van der Waals surface area contributed by atoms with Gasteiger partial charge in [0.05, 0.1) is 0 Å². The van der Waals surface area contributed by atoms with E-state index in [-0.39, 0.29) is 0 Å². The van der Waals surface area contributed by atoms with Crippen molar-refractivity contribution in [3.8, 4) is 5.75 Å². The normalized spacial score (nSPS) is 11.1. The minimum Gasteiger partial charge on any atom is -0.486 e. The molecule has 3 nitrogen and oxygen atoms in total. The fourth-order valence-electron chi connectivity index (χ4n) is 2.12. The molecule has 0 amide bonds. The molecule has 1 aromatic carbocycles. The summed E-state index contributed by atoms with van der Waals surface area (Å²) in [6.45, 7) is 10.8. The minimum absolute atomic E-state index is 0.466. The summed E-state index contributed by atoms with van der Waals surface area (Å²) in [4.78, 5) is 0. The minimum atomic E-state index is 0.466. The molecule has 0 aliphatic carbocycles. The lowest BCUT2D eigenvalue weighted by Gasteiger charge is -2.05. The highest BCUT2D eigenvalue weighted by Gasteiger charge is 2.08. The summed E-state index contributed by atoms with van der Waals surface area (Å²) in [5.41, 5.74) is 2.44. The molecule has 0 spiro atoms. The van der Waals surface area contributed by atoms with Crippen LogP contribution in [0.2, 0.25) is 0 Å². The summed E-state index contributed by atoms with van der Waals surface area (Å²) < 4.78 is 11.5. The summed E-state index contributed by atoms with van der Waals surface area (Å²) in [7, 11) is 0. The van der Waals surface area contributed by atoms with Crippen LogP contribution in [0.1, 0.15) is 36.5 Å². The second-order valence-corrected chi connectivity index (χ2v) is 5.92. The number of hydrogen-bond acceptors (Lipinski definition) is 3. The Kier molecular flexibility index (Phi) is 5.45. The van der Waals surface area contributed by atoms with E-state index >= 15 is 0 Å². The van der Waals surface area contributed by atoms with Gasteiger partial charge in [0, 0.05) is 12.1 Å². The van der Waals surface area contributed by atoms with Crippen molar-refractivity contribution in [3.63, 3.8) is 0 Å². The van der Waals surface area contributed by atoms with Crippen LogP contribution < -0.4 is 10.1 Å². The molecule has 1 N–H and O–H groups in total. The fourth-order valence-corrected chi connectivity index (χ4v) is 2.12. The molecule has 0 aliphatic heterocycles. The molecule has 2 rings (SSSR count). The van der Waals surface area contributed by atoms with Crippen molar-refractivity contribution < 1.29 is 9.15 Å². The predicted molar refractivity (Wildman–Crippen MR) is 85.5 cm³/mol. The van der Waals surface area contributed by atoms with Gasteiger partial charge in [-0.25, -0.2) is 0 Å². The number of hydrogen-bond donors (Lipinski definition) is 1. The number of aryl methyl sites for hydroxylation is 2. The maximum atomic E-state index is 5.75. The Balaban J connectivity index is 1.87. The number of ether oxygens (including phenoxy) is 1. The number of rotatable bonds is 7. The molecular formula is C18H25NO2. The summed E-state index contributed by atoms with van der Waals surface area (Å²) in [5, 5.41) is 3.43. The molecular weight excluding hydrogens is 262 g/mol. The molecule has 0 unspecified atom stereocenters. The fraction of sp³-hybridized carbons (Fsp3) is 0.444. The SMILES string of the molecule is Cc1ccc(OCc2cc(CNCC(C)C)c(C)o2)cc1. The van der Waals surface area contributed by atoms with Crippen LogP contribution in [0, 0.1) is 19.8 Å². The Hall–Kier alpha value is -1.74. The van der Waals surface area contributed by atoms with Crippen molar-refractivity contribution in [2.75, 3.05) is 6.54 Å². The quantitative estimate of drug-likeness (QED) is 0.828. The third-order valence-electron chi connectivity index (χ3n) is 3.34. The monoisotopic (exact) mass is 287 g/mol. The molecule has 1 aromatic heterocycles. The first kappa shape index (κ1) is 15.6. The van der Waals surface area contributed by atoms with Crippen LogP contribution in [0.3, 0.4) is 0 Å². The Morgan fingerprint density at radius 3 is 2.52 bits per heavy atom.